The van der Waals surface area contributed by atoms with E-state index in [1.807, 2.05) is 6.07 Å². The number of rotatable bonds is 9. The van der Waals surface area contributed by atoms with Crippen molar-refractivity contribution >= 4 is 15.9 Å². The van der Waals surface area contributed by atoms with Crippen LogP contribution in [0, 0.1) is 5.82 Å². The summed E-state index contributed by atoms with van der Waals surface area (Å²) in [6.07, 6.45) is 7.56. The van der Waals surface area contributed by atoms with E-state index in [4.69, 9.17) is 4.74 Å². The zero-order valence-electron chi connectivity index (χ0n) is 11.1. The maximum atomic E-state index is 13.1. The van der Waals surface area contributed by atoms with Gasteiger partial charge in [0.2, 0.25) is 0 Å². The topological polar surface area (TPSA) is 9.23 Å². The van der Waals surface area contributed by atoms with Crippen LogP contribution in [0.5, 0.6) is 0 Å². The van der Waals surface area contributed by atoms with Crippen molar-refractivity contribution in [3.8, 4) is 0 Å². The van der Waals surface area contributed by atoms with Gasteiger partial charge in [-0.05, 0) is 30.2 Å². The molecule has 1 aromatic carbocycles. The minimum atomic E-state index is -0.220. The summed E-state index contributed by atoms with van der Waals surface area (Å²) >= 11 is 3.28. The molecule has 1 nitrogen and oxygen atoms in total. The molecule has 0 spiro atoms. The van der Waals surface area contributed by atoms with Gasteiger partial charge in [-0.1, -0.05) is 55.0 Å². The van der Waals surface area contributed by atoms with E-state index in [0.29, 0.717) is 6.61 Å². The summed E-state index contributed by atoms with van der Waals surface area (Å²) in [5, 5.41) is 0. The van der Waals surface area contributed by atoms with E-state index >= 15 is 0 Å². The molecule has 0 fully saturated rings. The Kier molecular flexibility index (Phi) is 8.27. The minimum Gasteiger partial charge on any atom is -0.377 e. The monoisotopic (exact) mass is 316 g/mol. The van der Waals surface area contributed by atoms with Crippen LogP contribution in [0.25, 0.3) is 0 Å². The Labute approximate surface area is 118 Å². The molecule has 0 aromatic heterocycles. The minimum absolute atomic E-state index is 0.220. The van der Waals surface area contributed by atoms with Gasteiger partial charge in [0.25, 0.3) is 0 Å². The maximum Gasteiger partial charge on any atom is 0.124 e. The largest absolute Gasteiger partial charge is 0.377 e. The van der Waals surface area contributed by atoms with Crippen molar-refractivity contribution in [3.05, 3.63) is 34.1 Å². The molecule has 18 heavy (non-hydrogen) atoms. The lowest BCUT2D eigenvalue weighted by Gasteiger charge is -2.05. The molecular formula is C15H22BrFO. The lowest BCUT2D eigenvalue weighted by atomic mass is 10.1. The first-order chi connectivity index (χ1) is 8.72. The second kappa shape index (κ2) is 9.51. The molecule has 0 aliphatic heterocycles. The summed E-state index contributed by atoms with van der Waals surface area (Å²) in [7, 11) is 0. The second-order valence-corrected chi connectivity index (χ2v) is 5.51. The number of halogens is 2. The molecular weight excluding hydrogens is 295 g/mol. The van der Waals surface area contributed by atoms with Gasteiger partial charge in [-0.25, -0.2) is 4.39 Å². The Morgan fingerprint density at radius 2 is 1.78 bits per heavy atom. The maximum absolute atomic E-state index is 13.1. The Balaban J connectivity index is 2.07. The van der Waals surface area contributed by atoms with Crippen molar-refractivity contribution in [2.75, 3.05) is 6.61 Å². The van der Waals surface area contributed by atoms with Crippen LogP contribution in [0.1, 0.15) is 51.0 Å². The third-order valence-corrected chi connectivity index (χ3v) is 3.29. The van der Waals surface area contributed by atoms with Crippen molar-refractivity contribution in [2.24, 2.45) is 0 Å². The predicted octanol–water partition coefficient (Wildman–Crippen LogP) is 5.47. The molecule has 0 aliphatic carbocycles. The molecule has 0 N–H and O–H groups in total. The fraction of sp³-hybridized carbons (Fsp3) is 0.600. The quantitative estimate of drug-likeness (QED) is 0.549. The first-order valence-corrected chi connectivity index (χ1v) is 7.54. The average molecular weight is 317 g/mol. The highest BCUT2D eigenvalue weighted by atomic mass is 79.9. The van der Waals surface area contributed by atoms with Crippen molar-refractivity contribution in [1.82, 2.24) is 0 Å². The molecule has 0 atom stereocenters. The molecule has 1 rings (SSSR count). The Morgan fingerprint density at radius 3 is 2.50 bits per heavy atom. The summed E-state index contributed by atoms with van der Waals surface area (Å²) in [6.45, 7) is 3.48. The van der Waals surface area contributed by atoms with E-state index in [0.717, 1.165) is 23.1 Å². The van der Waals surface area contributed by atoms with E-state index in [9.17, 15) is 4.39 Å². The lowest BCUT2D eigenvalue weighted by Crippen LogP contribution is -1.96. The molecule has 0 saturated carbocycles. The van der Waals surface area contributed by atoms with E-state index in [1.165, 1.54) is 44.2 Å². The Bertz CT molecular complexity index is 321. The van der Waals surface area contributed by atoms with Gasteiger partial charge in [-0.3, -0.25) is 0 Å². The fourth-order valence-corrected chi connectivity index (χ4v) is 2.38. The van der Waals surface area contributed by atoms with Crippen LogP contribution in [0.3, 0.4) is 0 Å². The van der Waals surface area contributed by atoms with Gasteiger partial charge >= 0.3 is 0 Å². The van der Waals surface area contributed by atoms with Gasteiger partial charge < -0.3 is 4.74 Å². The second-order valence-electron chi connectivity index (χ2n) is 4.60. The Hall–Kier alpha value is -0.410. The summed E-state index contributed by atoms with van der Waals surface area (Å²) in [5.41, 5.74) is 0.882. The third-order valence-electron chi connectivity index (χ3n) is 2.83. The zero-order valence-corrected chi connectivity index (χ0v) is 12.6. The number of benzene rings is 1. The van der Waals surface area contributed by atoms with Gasteiger partial charge in [-0.2, -0.15) is 0 Å². The van der Waals surface area contributed by atoms with Gasteiger partial charge in [0.05, 0.1) is 6.61 Å². The van der Waals surface area contributed by atoms with Crippen molar-refractivity contribution < 1.29 is 9.13 Å². The van der Waals surface area contributed by atoms with Crippen LogP contribution >= 0.6 is 15.9 Å². The number of hydrogen-bond acceptors (Lipinski definition) is 1. The van der Waals surface area contributed by atoms with Crippen LogP contribution in [0.2, 0.25) is 0 Å². The van der Waals surface area contributed by atoms with Crippen LogP contribution in [-0.2, 0) is 11.3 Å². The van der Waals surface area contributed by atoms with Crippen LogP contribution in [-0.4, -0.2) is 6.61 Å². The van der Waals surface area contributed by atoms with E-state index in [-0.39, 0.29) is 5.82 Å². The normalized spacial score (nSPS) is 10.8. The van der Waals surface area contributed by atoms with E-state index in [1.54, 1.807) is 0 Å². The van der Waals surface area contributed by atoms with Crippen molar-refractivity contribution in [2.45, 2.75) is 52.1 Å². The van der Waals surface area contributed by atoms with Crippen LogP contribution in [0.15, 0.2) is 22.7 Å². The van der Waals surface area contributed by atoms with Crippen LogP contribution in [0.4, 0.5) is 4.39 Å². The zero-order chi connectivity index (χ0) is 13.2. The molecule has 1 aromatic rings. The van der Waals surface area contributed by atoms with E-state index < -0.39 is 0 Å². The molecule has 0 bridgehead atoms. The molecule has 102 valence electrons. The number of hydrogen-bond donors (Lipinski definition) is 0. The summed E-state index contributed by atoms with van der Waals surface area (Å²) < 4.78 is 19.4. The van der Waals surface area contributed by atoms with Gasteiger partial charge in [-0.15, -0.1) is 0 Å². The van der Waals surface area contributed by atoms with Gasteiger partial charge in [0.1, 0.15) is 5.82 Å². The Morgan fingerprint density at radius 1 is 1.06 bits per heavy atom. The van der Waals surface area contributed by atoms with Crippen LogP contribution < -0.4 is 0 Å². The van der Waals surface area contributed by atoms with Gasteiger partial charge in [0, 0.05) is 11.1 Å². The van der Waals surface area contributed by atoms with Gasteiger partial charge in [0.15, 0.2) is 0 Å². The summed E-state index contributed by atoms with van der Waals surface area (Å²) in [5.74, 6) is -0.220. The molecule has 0 radical (unpaired) electrons. The molecule has 0 amide bonds. The molecule has 0 heterocycles. The molecule has 3 heteroatoms. The predicted molar refractivity (Wildman–Crippen MR) is 77.1 cm³/mol. The standard InChI is InChI=1S/C15H22BrFO/c1-2-3-4-5-6-7-8-18-12-13-9-14(16)11-15(17)10-13/h9-11H,2-8,12H2,1H3. The first-order valence-electron chi connectivity index (χ1n) is 6.75. The molecule has 0 unspecified atom stereocenters. The lowest BCUT2D eigenvalue weighted by molar-refractivity contribution is 0.116. The highest BCUT2D eigenvalue weighted by molar-refractivity contribution is 9.10. The summed E-state index contributed by atoms with van der Waals surface area (Å²) in [6, 6.07) is 4.87. The molecule has 0 saturated heterocycles. The van der Waals surface area contributed by atoms with Crippen molar-refractivity contribution in [1.29, 1.82) is 0 Å². The fourth-order valence-electron chi connectivity index (χ4n) is 1.87. The molecule has 0 aliphatic rings. The van der Waals surface area contributed by atoms with E-state index in [2.05, 4.69) is 22.9 Å². The summed E-state index contributed by atoms with van der Waals surface area (Å²) in [4.78, 5) is 0. The smallest absolute Gasteiger partial charge is 0.124 e. The third kappa shape index (κ3) is 7.12. The number of ether oxygens (including phenoxy) is 1. The number of unbranched alkanes of at least 4 members (excludes halogenated alkanes) is 5. The average Bonchev–Trinajstić information content (AvgIpc) is 2.31. The first kappa shape index (κ1) is 15.6. The highest BCUT2D eigenvalue weighted by Gasteiger charge is 1.99. The van der Waals surface area contributed by atoms with Crippen molar-refractivity contribution in [3.63, 3.8) is 0 Å². The highest BCUT2D eigenvalue weighted by Crippen LogP contribution is 2.15. The SMILES string of the molecule is CCCCCCCCOCc1cc(F)cc(Br)c1.